The van der Waals surface area contributed by atoms with E-state index in [0.717, 1.165) is 46.5 Å². The van der Waals surface area contributed by atoms with Crippen LogP contribution < -0.4 is 20.1 Å². The minimum atomic E-state index is -0.199. The molecule has 30 heavy (non-hydrogen) atoms. The van der Waals surface area contributed by atoms with Gasteiger partial charge in [0.15, 0.2) is 0 Å². The summed E-state index contributed by atoms with van der Waals surface area (Å²) in [4.78, 5) is 11.4. The largest absolute Gasteiger partial charge is 0.496 e. The molecule has 1 fully saturated rings. The number of rotatable bonds is 5. The number of ether oxygens (including phenoxy) is 3. The smallest absolute Gasteiger partial charge is 0.141 e. The third-order valence-electron chi connectivity index (χ3n) is 5.70. The molecule has 3 aromatic rings. The summed E-state index contributed by atoms with van der Waals surface area (Å²) in [5.74, 6) is 2.49. The molecule has 3 heterocycles. The number of nitrogen functional groups attached to an aromatic ring is 1. The van der Waals surface area contributed by atoms with Crippen LogP contribution in [0.2, 0.25) is 5.02 Å². The molecule has 0 unspecified atom stereocenters. The zero-order chi connectivity index (χ0) is 21.6. The number of nitrogens with zero attached hydrogens (tertiary/aromatic N) is 3. The van der Waals surface area contributed by atoms with Crippen molar-refractivity contribution in [1.29, 1.82) is 0 Å². The van der Waals surface area contributed by atoms with E-state index in [4.69, 9.17) is 36.5 Å². The van der Waals surface area contributed by atoms with Crippen molar-refractivity contribution in [1.82, 2.24) is 9.97 Å². The van der Waals surface area contributed by atoms with Crippen molar-refractivity contribution in [2.45, 2.75) is 19.4 Å². The molecule has 0 radical (unpaired) electrons. The molecule has 8 heteroatoms. The highest BCUT2D eigenvalue weighted by Crippen LogP contribution is 2.44. The van der Waals surface area contributed by atoms with Crippen molar-refractivity contribution in [3.63, 3.8) is 0 Å². The summed E-state index contributed by atoms with van der Waals surface area (Å²) in [6, 6.07) is 5.60. The van der Waals surface area contributed by atoms with Gasteiger partial charge in [-0.25, -0.2) is 9.97 Å². The molecule has 7 nitrogen and oxygen atoms in total. The summed E-state index contributed by atoms with van der Waals surface area (Å²) in [6.45, 7) is 5.49. The molecular formula is C22H25ClN4O3. The average Bonchev–Trinajstić information content (AvgIpc) is 2.71. The Morgan fingerprint density at radius 2 is 1.80 bits per heavy atom. The van der Waals surface area contributed by atoms with Crippen molar-refractivity contribution in [2.75, 3.05) is 45.1 Å². The van der Waals surface area contributed by atoms with Gasteiger partial charge >= 0.3 is 0 Å². The SMILES string of the molecule is COc1cc(OC)c(Cl)c(-c2cc3cnc(N)cc3c(N3CC(C)(OC)C3)n2)c1C. The van der Waals surface area contributed by atoms with Crippen LogP contribution >= 0.6 is 11.6 Å². The minimum absolute atomic E-state index is 0.199. The summed E-state index contributed by atoms with van der Waals surface area (Å²) >= 11 is 6.71. The lowest BCUT2D eigenvalue weighted by Crippen LogP contribution is -2.61. The summed E-state index contributed by atoms with van der Waals surface area (Å²) in [6.07, 6.45) is 1.76. The highest BCUT2D eigenvalue weighted by atomic mass is 35.5. The van der Waals surface area contributed by atoms with Gasteiger partial charge in [0.2, 0.25) is 0 Å². The predicted molar refractivity (Wildman–Crippen MR) is 120 cm³/mol. The monoisotopic (exact) mass is 428 g/mol. The first kappa shape index (κ1) is 20.5. The van der Waals surface area contributed by atoms with Crippen LogP contribution in [0.25, 0.3) is 22.0 Å². The minimum Gasteiger partial charge on any atom is -0.496 e. The van der Waals surface area contributed by atoms with Gasteiger partial charge in [-0.15, -0.1) is 0 Å². The standard InChI is InChI=1S/C22H25ClN4O3/c1-12-16(28-3)8-17(29-4)20(23)19(12)15-6-13-9-25-18(24)7-14(13)21(26-15)27-10-22(2,11-27)30-5/h6-9H,10-11H2,1-5H3,(H2,24,25). The summed E-state index contributed by atoms with van der Waals surface area (Å²) in [5, 5.41) is 2.35. The topological polar surface area (TPSA) is 82.7 Å². The number of fused-ring (bicyclic) bond motifs is 1. The van der Waals surface area contributed by atoms with Crippen molar-refractivity contribution in [3.8, 4) is 22.8 Å². The van der Waals surface area contributed by atoms with Crippen molar-refractivity contribution in [3.05, 3.63) is 35.0 Å². The van der Waals surface area contributed by atoms with Crippen LogP contribution in [-0.2, 0) is 4.74 Å². The van der Waals surface area contributed by atoms with Gasteiger partial charge in [-0.2, -0.15) is 0 Å². The Labute approximate surface area is 180 Å². The quantitative estimate of drug-likeness (QED) is 0.655. The van der Waals surface area contributed by atoms with E-state index in [9.17, 15) is 0 Å². The number of pyridine rings is 2. The molecule has 0 aliphatic carbocycles. The average molecular weight is 429 g/mol. The number of hydrogen-bond acceptors (Lipinski definition) is 7. The Kier molecular flexibility index (Phi) is 5.11. The molecule has 1 aliphatic heterocycles. The first-order valence-corrected chi connectivity index (χ1v) is 9.96. The second-order valence-electron chi connectivity index (χ2n) is 7.77. The van der Waals surface area contributed by atoms with Gasteiger partial charge in [0.25, 0.3) is 0 Å². The molecule has 0 spiro atoms. The maximum Gasteiger partial charge on any atom is 0.141 e. The zero-order valence-electron chi connectivity index (χ0n) is 17.7. The van der Waals surface area contributed by atoms with E-state index < -0.39 is 0 Å². The molecule has 0 amide bonds. The van der Waals surface area contributed by atoms with Crippen molar-refractivity contribution in [2.24, 2.45) is 0 Å². The van der Waals surface area contributed by atoms with Crippen LogP contribution in [0.3, 0.4) is 0 Å². The lowest BCUT2D eigenvalue weighted by Gasteiger charge is -2.47. The van der Waals surface area contributed by atoms with E-state index in [1.54, 1.807) is 33.6 Å². The summed E-state index contributed by atoms with van der Waals surface area (Å²) < 4.78 is 16.6. The predicted octanol–water partition coefficient (Wildman–Crippen LogP) is 4.08. The number of halogens is 1. The molecule has 4 rings (SSSR count). The summed E-state index contributed by atoms with van der Waals surface area (Å²) in [5.41, 5.74) is 8.14. The highest BCUT2D eigenvalue weighted by molar-refractivity contribution is 6.35. The highest BCUT2D eigenvalue weighted by Gasteiger charge is 2.40. The molecule has 2 aromatic heterocycles. The van der Waals surface area contributed by atoms with Gasteiger partial charge in [0, 0.05) is 54.4 Å². The molecule has 2 N–H and O–H groups in total. The van der Waals surface area contributed by atoms with E-state index in [0.29, 0.717) is 22.3 Å². The van der Waals surface area contributed by atoms with Crippen molar-refractivity contribution >= 4 is 34.0 Å². The Hall–Kier alpha value is -2.77. The molecule has 0 bridgehead atoms. The second-order valence-corrected chi connectivity index (χ2v) is 8.14. The van der Waals surface area contributed by atoms with Crippen LogP contribution in [0, 0.1) is 6.92 Å². The van der Waals surface area contributed by atoms with E-state index in [2.05, 4.69) is 16.8 Å². The zero-order valence-corrected chi connectivity index (χ0v) is 18.5. The molecule has 0 saturated carbocycles. The van der Waals surface area contributed by atoms with Crippen LogP contribution in [0.4, 0.5) is 11.6 Å². The van der Waals surface area contributed by atoms with Crippen LogP contribution in [0.5, 0.6) is 11.5 Å². The maximum atomic E-state index is 6.71. The third-order valence-corrected chi connectivity index (χ3v) is 6.07. The fraction of sp³-hybridized carbons (Fsp3) is 0.364. The normalized spacial score (nSPS) is 15.2. The number of hydrogen-bond donors (Lipinski definition) is 1. The van der Waals surface area contributed by atoms with Gasteiger partial charge in [0.05, 0.1) is 30.5 Å². The lowest BCUT2D eigenvalue weighted by atomic mass is 9.95. The van der Waals surface area contributed by atoms with E-state index in [1.165, 1.54) is 0 Å². The maximum absolute atomic E-state index is 6.71. The first-order valence-electron chi connectivity index (χ1n) is 9.58. The fourth-order valence-electron chi connectivity index (χ4n) is 3.92. The molecule has 0 atom stereocenters. The number of aromatic nitrogens is 2. The van der Waals surface area contributed by atoms with Gasteiger partial charge in [0.1, 0.15) is 23.1 Å². The van der Waals surface area contributed by atoms with E-state index in [1.807, 2.05) is 19.1 Å². The molecule has 1 aromatic carbocycles. The molecule has 1 aliphatic rings. The second kappa shape index (κ2) is 7.49. The van der Waals surface area contributed by atoms with E-state index in [-0.39, 0.29) is 5.60 Å². The van der Waals surface area contributed by atoms with Gasteiger partial charge in [-0.3, -0.25) is 0 Å². The fourth-order valence-corrected chi connectivity index (χ4v) is 4.29. The van der Waals surface area contributed by atoms with Gasteiger partial charge in [-0.05, 0) is 26.0 Å². The molecule has 158 valence electrons. The lowest BCUT2D eigenvalue weighted by molar-refractivity contribution is -0.0169. The first-order chi connectivity index (χ1) is 14.3. The summed E-state index contributed by atoms with van der Waals surface area (Å²) in [7, 11) is 4.93. The van der Waals surface area contributed by atoms with Crippen molar-refractivity contribution < 1.29 is 14.2 Å². The van der Waals surface area contributed by atoms with Crippen LogP contribution in [0.1, 0.15) is 12.5 Å². The Balaban J connectivity index is 1.95. The Morgan fingerprint density at radius 3 is 2.43 bits per heavy atom. The van der Waals surface area contributed by atoms with Crippen LogP contribution in [-0.4, -0.2) is 50.0 Å². The number of anilines is 2. The molecular weight excluding hydrogens is 404 g/mol. The van der Waals surface area contributed by atoms with Crippen LogP contribution in [0.15, 0.2) is 24.4 Å². The number of methoxy groups -OCH3 is 3. The Morgan fingerprint density at radius 1 is 1.10 bits per heavy atom. The van der Waals surface area contributed by atoms with Gasteiger partial charge < -0.3 is 24.8 Å². The Bertz CT molecular complexity index is 1100. The third kappa shape index (κ3) is 3.28. The molecule has 1 saturated heterocycles. The number of benzene rings is 1. The number of nitrogens with two attached hydrogens (primary N) is 1. The van der Waals surface area contributed by atoms with E-state index >= 15 is 0 Å². The van der Waals surface area contributed by atoms with Gasteiger partial charge in [-0.1, -0.05) is 11.6 Å².